The number of pyridine rings is 1. The van der Waals surface area contributed by atoms with Gasteiger partial charge in [-0.25, -0.2) is 9.07 Å². The summed E-state index contributed by atoms with van der Waals surface area (Å²) in [5, 5.41) is 13.1. The molecular weight excluding hydrogens is 385 g/mol. The summed E-state index contributed by atoms with van der Waals surface area (Å²) in [4.78, 5) is 4.55. The Labute approximate surface area is 173 Å². The predicted octanol–water partition coefficient (Wildman–Crippen LogP) is 2.84. The Balaban J connectivity index is 1.23. The molecule has 2 saturated heterocycles. The van der Waals surface area contributed by atoms with Gasteiger partial charge in [-0.2, -0.15) is 0 Å². The van der Waals surface area contributed by atoms with E-state index < -0.39 is 0 Å². The maximum atomic E-state index is 13.3. The molecule has 3 aromatic rings. The van der Waals surface area contributed by atoms with Crippen LogP contribution in [-0.2, 0) is 23.3 Å². The molecule has 1 aliphatic carbocycles. The molecule has 4 aliphatic rings. The van der Waals surface area contributed by atoms with Crippen molar-refractivity contribution in [1.82, 2.24) is 25.3 Å². The molecule has 0 amide bonds. The third kappa shape index (κ3) is 2.66. The summed E-state index contributed by atoms with van der Waals surface area (Å²) in [7, 11) is 0. The van der Waals surface area contributed by atoms with Crippen molar-refractivity contribution in [1.29, 1.82) is 0 Å². The molecular formula is C22H24FN5O2. The van der Waals surface area contributed by atoms with E-state index in [-0.39, 0.29) is 23.9 Å². The summed E-state index contributed by atoms with van der Waals surface area (Å²) in [5.74, 6) is 0.784. The number of nitrogens with zero attached hydrogens (tertiary/aromatic N) is 4. The van der Waals surface area contributed by atoms with Gasteiger partial charge in [0.25, 0.3) is 0 Å². The van der Waals surface area contributed by atoms with E-state index in [1.807, 2.05) is 36.1 Å². The lowest BCUT2D eigenvalue weighted by molar-refractivity contribution is 0.0827. The Hall–Kier alpha value is -2.58. The Kier molecular flexibility index (Phi) is 3.92. The van der Waals surface area contributed by atoms with Gasteiger partial charge in [-0.1, -0.05) is 5.21 Å². The van der Waals surface area contributed by atoms with Gasteiger partial charge < -0.3 is 14.8 Å². The zero-order valence-corrected chi connectivity index (χ0v) is 16.9. The molecule has 5 heterocycles. The van der Waals surface area contributed by atoms with E-state index >= 15 is 0 Å². The maximum absolute atomic E-state index is 13.3. The fourth-order valence-corrected chi connectivity index (χ4v) is 5.27. The minimum absolute atomic E-state index is 0.146. The van der Waals surface area contributed by atoms with Gasteiger partial charge in [0.05, 0.1) is 36.0 Å². The lowest BCUT2D eigenvalue weighted by Gasteiger charge is -2.44. The predicted molar refractivity (Wildman–Crippen MR) is 108 cm³/mol. The zero-order chi connectivity index (χ0) is 20.3. The molecule has 7 nitrogen and oxygen atoms in total. The molecule has 0 unspecified atom stereocenters. The van der Waals surface area contributed by atoms with Crippen LogP contribution in [0.2, 0.25) is 0 Å². The number of hydrogen-bond acceptors (Lipinski definition) is 6. The van der Waals surface area contributed by atoms with Crippen molar-refractivity contribution in [3.63, 3.8) is 0 Å². The first-order valence-corrected chi connectivity index (χ1v) is 10.5. The van der Waals surface area contributed by atoms with Crippen LogP contribution in [0.15, 0.2) is 30.6 Å². The Morgan fingerprint density at radius 3 is 3.10 bits per heavy atom. The molecule has 1 N–H and O–H groups in total. The van der Waals surface area contributed by atoms with Crippen LogP contribution in [-0.4, -0.2) is 45.3 Å². The van der Waals surface area contributed by atoms with Gasteiger partial charge in [0.2, 0.25) is 0 Å². The largest absolute Gasteiger partial charge is 0.484 e. The molecule has 1 saturated carbocycles. The zero-order valence-electron chi connectivity index (χ0n) is 16.9. The van der Waals surface area contributed by atoms with Crippen LogP contribution in [0.4, 0.5) is 4.39 Å². The molecule has 7 rings (SSSR count). The van der Waals surface area contributed by atoms with Crippen LogP contribution in [0.1, 0.15) is 42.7 Å². The van der Waals surface area contributed by atoms with Gasteiger partial charge in [0.1, 0.15) is 24.2 Å². The smallest absolute Gasteiger partial charge is 0.141 e. The van der Waals surface area contributed by atoms with Gasteiger partial charge in [0.15, 0.2) is 0 Å². The summed E-state index contributed by atoms with van der Waals surface area (Å²) < 4.78 is 26.9. The first kappa shape index (κ1) is 18.2. The Morgan fingerprint density at radius 1 is 1.37 bits per heavy atom. The Morgan fingerprint density at radius 2 is 2.27 bits per heavy atom. The third-order valence-corrected chi connectivity index (χ3v) is 6.90. The summed E-state index contributed by atoms with van der Waals surface area (Å²) in [6.07, 6.45) is 6.03. The topological polar surface area (TPSA) is 74.1 Å². The first-order chi connectivity index (χ1) is 14.6. The highest BCUT2D eigenvalue weighted by Gasteiger charge is 2.62. The second-order valence-electron chi connectivity index (χ2n) is 8.94. The number of nitrogens with one attached hydrogen (secondary N) is 1. The molecule has 1 atom stereocenters. The summed E-state index contributed by atoms with van der Waals surface area (Å²) in [6.45, 7) is 3.73. The highest BCUT2D eigenvalue weighted by Crippen LogP contribution is 2.52. The normalized spacial score (nSPS) is 28.2. The highest BCUT2D eigenvalue weighted by molar-refractivity contribution is 5.84. The van der Waals surface area contributed by atoms with Gasteiger partial charge >= 0.3 is 0 Å². The monoisotopic (exact) mass is 409 g/mol. The van der Waals surface area contributed by atoms with Gasteiger partial charge in [0, 0.05) is 18.1 Å². The average Bonchev–Trinajstić information content (AvgIpc) is 3.47. The Bertz CT molecular complexity index is 1120. The molecule has 2 bridgehead atoms. The summed E-state index contributed by atoms with van der Waals surface area (Å²) in [6, 6.07) is 6.01. The van der Waals surface area contributed by atoms with Crippen molar-refractivity contribution in [3.8, 4) is 5.75 Å². The summed E-state index contributed by atoms with van der Waals surface area (Å²) in [5.41, 5.74) is 3.69. The van der Waals surface area contributed by atoms with E-state index in [0.29, 0.717) is 6.61 Å². The second kappa shape index (κ2) is 6.46. The number of halogens is 1. The van der Waals surface area contributed by atoms with Crippen molar-refractivity contribution in [3.05, 3.63) is 47.4 Å². The molecule has 30 heavy (non-hydrogen) atoms. The fraction of sp³-hybridized carbons (Fsp3) is 0.500. The fourth-order valence-electron chi connectivity index (χ4n) is 5.27. The maximum Gasteiger partial charge on any atom is 0.141 e. The molecule has 3 fully saturated rings. The molecule has 8 heteroatoms. The van der Waals surface area contributed by atoms with Gasteiger partial charge in [-0.3, -0.25) is 4.98 Å². The molecule has 156 valence electrons. The van der Waals surface area contributed by atoms with Gasteiger partial charge in [-0.05, 0) is 55.5 Å². The number of rotatable bonds is 5. The quantitative estimate of drug-likeness (QED) is 0.699. The van der Waals surface area contributed by atoms with Crippen LogP contribution in [0.3, 0.4) is 0 Å². The minimum Gasteiger partial charge on any atom is -0.484 e. The van der Waals surface area contributed by atoms with E-state index in [9.17, 15) is 4.39 Å². The number of benzene rings is 1. The van der Waals surface area contributed by atoms with Crippen LogP contribution in [0.25, 0.3) is 10.9 Å². The van der Waals surface area contributed by atoms with Crippen molar-refractivity contribution < 1.29 is 13.9 Å². The first-order valence-electron chi connectivity index (χ1n) is 10.5. The number of alkyl halides is 1. The molecule has 3 aliphatic heterocycles. The van der Waals surface area contributed by atoms with Crippen LogP contribution >= 0.6 is 0 Å². The lowest BCUT2D eigenvalue weighted by atomic mass is 9.68. The van der Waals surface area contributed by atoms with E-state index in [2.05, 4.69) is 26.7 Å². The number of aromatic nitrogens is 4. The lowest BCUT2D eigenvalue weighted by Crippen LogP contribution is -2.54. The van der Waals surface area contributed by atoms with Crippen molar-refractivity contribution in [2.24, 2.45) is 0 Å². The number of ether oxygens (including phenoxy) is 2. The minimum atomic E-state index is -0.350. The molecule has 1 aromatic carbocycles. The van der Waals surface area contributed by atoms with Crippen LogP contribution < -0.4 is 10.1 Å². The number of hydrogen-bond donors (Lipinski definition) is 1. The van der Waals surface area contributed by atoms with E-state index in [1.54, 1.807) is 0 Å². The molecule has 2 aromatic heterocycles. The second-order valence-corrected chi connectivity index (χ2v) is 8.94. The van der Waals surface area contributed by atoms with E-state index in [4.69, 9.17) is 9.47 Å². The van der Waals surface area contributed by atoms with Crippen molar-refractivity contribution >= 4 is 10.9 Å². The van der Waals surface area contributed by atoms with Crippen LogP contribution in [0.5, 0.6) is 5.75 Å². The van der Waals surface area contributed by atoms with Crippen molar-refractivity contribution in [2.75, 3.05) is 19.8 Å². The standard InChI is InChI=1S/C22H24FN5O2/c1-14(20-8-28(27-26-20)22-10-21(11-22,12-23)25-13-22)30-16-2-3-19-18(6-16)17-4-5-29-9-15(17)7-24-19/h2-3,6-8,14,25H,4-5,9-13H2,1H3/t14-,21?,22?/m1/s1. The molecule has 0 spiro atoms. The number of fused-ring (bicyclic) bond motifs is 4. The SMILES string of the molecule is C[C@@H](Oc1ccc2ncc3c(c2c1)CCOC3)c1cn(C23CNC(CF)(C2)C3)nn1. The highest BCUT2D eigenvalue weighted by atomic mass is 19.1. The van der Waals surface area contributed by atoms with E-state index in [1.165, 1.54) is 5.56 Å². The van der Waals surface area contributed by atoms with Gasteiger partial charge in [-0.15, -0.1) is 5.10 Å². The molecule has 0 radical (unpaired) electrons. The van der Waals surface area contributed by atoms with Crippen LogP contribution in [0, 0.1) is 0 Å². The van der Waals surface area contributed by atoms with E-state index in [0.717, 1.165) is 60.3 Å². The third-order valence-electron chi connectivity index (χ3n) is 6.90. The average molecular weight is 409 g/mol. The van der Waals surface area contributed by atoms with Crippen molar-refractivity contribution in [2.45, 2.75) is 50.0 Å². The summed E-state index contributed by atoms with van der Waals surface area (Å²) >= 11 is 0.